The molecule has 0 aliphatic carbocycles. The number of non-ortho nitro benzene ring substituents is 1. The molecule has 0 radical (unpaired) electrons. The van der Waals surface area contributed by atoms with E-state index in [2.05, 4.69) is 22.4 Å². The molecule has 1 aromatic heterocycles. The van der Waals surface area contributed by atoms with Crippen LogP contribution in [0.5, 0.6) is 0 Å². The predicted molar refractivity (Wildman–Crippen MR) is 92.1 cm³/mol. The van der Waals surface area contributed by atoms with Gasteiger partial charge in [-0.05, 0) is 25.0 Å². The number of nitrogens with one attached hydrogen (secondary N) is 2. The zero-order chi connectivity index (χ0) is 17.4. The highest BCUT2D eigenvalue weighted by atomic mass is 16.6. The van der Waals surface area contributed by atoms with E-state index >= 15 is 0 Å². The zero-order valence-corrected chi connectivity index (χ0v) is 13.7. The summed E-state index contributed by atoms with van der Waals surface area (Å²) in [4.78, 5) is 22.2. The molecule has 24 heavy (non-hydrogen) atoms. The first kappa shape index (κ1) is 17.7. The molecule has 0 aliphatic rings. The van der Waals surface area contributed by atoms with Gasteiger partial charge in [-0.3, -0.25) is 20.0 Å². The molecule has 0 spiro atoms. The summed E-state index contributed by atoms with van der Waals surface area (Å²) in [5, 5.41) is 20.3. The maximum atomic E-state index is 12.1. The summed E-state index contributed by atoms with van der Waals surface area (Å²) in [7, 11) is 0. The second-order valence-electron chi connectivity index (χ2n) is 5.70. The molecule has 7 nitrogen and oxygen atoms in total. The molecule has 2 rings (SSSR count). The Morgan fingerprint density at radius 2 is 1.92 bits per heavy atom. The summed E-state index contributed by atoms with van der Waals surface area (Å²) in [5.74, 6) is 0.118. The number of aromatic nitrogens is 2. The van der Waals surface area contributed by atoms with Crippen LogP contribution >= 0.6 is 0 Å². The number of unbranched alkanes of at least 4 members (excludes halogenated alkanes) is 4. The molecular formula is C17H22N4O3. The molecule has 0 atom stereocenters. The van der Waals surface area contributed by atoms with Crippen LogP contribution in [-0.2, 0) is 6.42 Å². The van der Waals surface area contributed by atoms with Crippen LogP contribution in [0.4, 0.5) is 11.5 Å². The lowest BCUT2D eigenvalue weighted by Gasteiger charge is -2.01. The van der Waals surface area contributed by atoms with Crippen molar-refractivity contribution in [3.8, 4) is 0 Å². The lowest BCUT2D eigenvalue weighted by molar-refractivity contribution is -0.384. The Hall–Kier alpha value is -2.70. The second kappa shape index (κ2) is 8.81. The molecule has 2 aromatic rings. The SMILES string of the molecule is CCCCCCCc1cc(NC(=O)c2ccc([N+](=O)[O-])cc2)n[nH]1. The minimum absolute atomic E-state index is 0.0447. The fourth-order valence-electron chi connectivity index (χ4n) is 2.40. The number of carbonyl (C=O) groups excluding carboxylic acids is 1. The average molecular weight is 330 g/mol. The number of benzene rings is 1. The van der Waals surface area contributed by atoms with Crippen LogP contribution in [0.2, 0.25) is 0 Å². The molecule has 128 valence electrons. The van der Waals surface area contributed by atoms with Crippen molar-refractivity contribution in [2.75, 3.05) is 5.32 Å². The second-order valence-corrected chi connectivity index (χ2v) is 5.70. The Balaban J connectivity index is 1.84. The van der Waals surface area contributed by atoms with Crippen LogP contribution in [0.15, 0.2) is 30.3 Å². The lowest BCUT2D eigenvalue weighted by atomic mass is 10.1. The highest BCUT2D eigenvalue weighted by molar-refractivity contribution is 6.03. The number of amides is 1. The van der Waals surface area contributed by atoms with Crippen LogP contribution in [0.25, 0.3) is 0 Å². The Kier molecular flexibility index (Phi) is 6.48. The van der Waals surface area contributed by atoms with E-state index in [4.69, 9.17) is 0 Å². The van der Waals surface area contributed by atoms with Crippen molar-refractivity contribution in [3.05, 3.63) is 51.7 Å². The Morgan fingerprint density at radius 3 is 2.58 bits per heavy atom. The molecule has 1 heterocycles. The lowest BCUT2D eigenvalue weighted by Crippen LogP contribution is -2.12. The summed E-state index contributed by atoms with van der Waals surface area (Å²) < 4.78 is 0. The van der Waals surface area contributed by atoms with Gasteiger partial charge in [0.2, 0.25) is 0 Å². The molecule has 0 saturated carbocycles. The monoisotopic (exact) mass is 330 g/mol. The van der Waals surface area contributed by atoms with Gasteiger partial charge in [-0.25, -0.2) is 0 Å². The first-order chi connectivity index (χ1) is 11.6. The number of hydrogen-bond acceptors (Lipinski definition) is 4. The van der Waals surface area contributed by atoms with Crippen LogP contribution in [0.3, 0.4) is 0 Å². The highest BCUT2D eigenvalue weighted by Gasteiger charge is 2.11. The molecule has 0 fully saturated rings. The Morgan fingerprint density at radius 1 is 1.21 bits per heavy atom. The van der Waals surface area contributed by atoms with Gasteiger partial charge in [0.05, 0.1) is 4.92 Å². The third kappa shape index (κ3) is 5.19. The molecule has 7 heteroatoms. The number of rotatable bonds is 9. The van der Waals surface area contributed by atoms with Crippen molar-refractivity contribution in [1.82, 2.24) is 10.2 Å². The number of carbonyl (C=O) groups is 1. The van der Waals surface area contributed by atoms with Gasteiger partial charge in [0.15, 0.2) is 5.82 Å². The molecule has 0 unspecified atom stereocenters. The molecular weight excluding hydrogens is 308 g/mol. The zero-order valence-electron chi connectivity index (χ0n) is 13.7. The summed E-state index contributed by atoms with van der Waals surface area (Å²) in [6.07, 6.45) is 6.93. The molecule has 1 aromatic carbocycles. The Labute approximate surface area is 140 Å². The normalized spacial score (nSPS) is 10.5. The van der Waals surface area contributed by atoms with Crippen molar-refractivity contribution in [2.24, 2.45) is 0 Å². The summed E-state index contributed by atoms with van der Waals surface area (Å²) in [6, 6.07) is 7.29. The predicted octanol–water partition coefficient (Wildman–Crippen LogP) is 4.08. The Bertz CT molecular complexity index is 679. The minimum Gasteiger partial charge on any atom is -0.305 e. The van der Waals surface area contributed by atoms with Crippen LogP contribution in [0, 0.1) is 10.1 Å². The van der Waals surface area contributed by atoms with Gasteiger partial charge in [-0.1, -0.05) is 32.6 Å². The fourth-order valence-corrected chi connectivity index (χ4v) is 2.40. The first-order valence-electron chi connectivity index (χ1n) is 8.20. The van der Waals surface area contributed by atoms with Gasteiger partial charge < -0.3 is 5.32 Å². The molecule has 0 aliphatic heterocycles. The van der Waals surface area contributed by atoms with Gasteiger partial charge >= 0.3 is 0 Å². The number of nitro benzene ring substituents is 1. The number of aryl methyl sites for hydroxylation is 1. The third-order valence-electron chi connectivity index (χ3n) is 3.76. The molecule has 0 saturated heterocycles. The summed E-state index contributed by atoms with van der Waals surface area (Å²) in [5.41, 5.74) is 1.30. The summed E-state index contributed by atoms with van der Waals surface area (Å²) >= 11 is 0. The smallest absolute Gasteiger partial charge is 0.269 e. The van der Waals surface area contributed by atoms with E-state index in [0.29, 0.717) is 11.4 Å². The van der Waals surface area contributed by atoms with Gasteiger partial charge in [0.1, 0.15) is 0 Å². The number of H-pyrrole nitrogens is 1. The van der Waals surface area contributed by atoms with E-state index in [-0.39, 0.29) is 11.6 Å². The number of aromatic amines is 1. The van der Waals surface area contributed by atoms with Crippen LogP contribution in [-0.4, -0.2) is 21.0 Å². The van der Waals surface area contributed by atoms with E-state index in [1.165, 1.54) is 49.9 Å². The molecule has 1 amide bonds. The number of hydrogen-bond donors (Lipinski definition) is 2. The standard InChI is InChI=1S/C17H22N4O3/c1-2-3-4-5-6-7-14-12-16(20-19-14)18-17(22)13-8-10-15(11-9-13)21(23)24/h8-12H,2-7H2,1H3,(H2,18,19,20,22). The number of nitro groups is 1. The number of nitrogens with zero attached hydrogens (tertiary/aromatic N) is 2. The fraction of sp³-hybridized carbons (Fsp3) is 0.412. The highest BCUT2D eigenvalue weighted by Crippen LogP contribution is 2.14. The van der Waals surface area contributed by atoms with E-state index in [1.807, 2.05) is 6.07 Å². The van der Waals surface area contributed by atoms with Gasteiger partial charge in [0, 0.05) is 29.5 Å². The van der Waals surface area contributed by atoms with Crippen molar-refractivity contribution < 1.29 is 9.72 Å². The quantitative estimate of drug-likeness (QED) is 0.411. The molecule has 0 bridgehead atoms. The average Bonchev–Trinajstić information content (AvgIpc) is 3.02. The minimum atomic E-state index is -0.498. The van der Waals surface area contributed by atoms with Crippen molar-refractivity contribution in [3.63, 3.8) is 0 Å². The van der Waals surface area contributed by atoms with Crippen LogP contribution < -0.4 is 5.32 Å². The van der Waals surface area contributed by atoms with E-state index in [0.717, 1.165) is 18.5 Å². The topological polar surface area (TPSA) is 101 Å². The van der Waals surface area contributed by atoms with Gasteiger partial charge in [-0.15, -0.1) is 0 Å². The van der Waals surface area contributed by atoms with Gasteiger partial charge in [-0.2, -0.15) is 5.10 Å². The largest absolute Gasteiger partial charge is 0.305 e. The maximum absolute atomic E-state index is 12.1. The van der Waals surface area contributed by atoms with Gasteiger partial charge in [0.25, 0.3) is 11.6 Å². The van der Waals surface area contributed by atoms with E-state index in [9.17, 15) is 14.9 Å². The van der Waals surface area contributed by atoms with Crippen molar-refractivity contribution >= 4 is 17.4 Å². The third-order valence-corrected chi connectivity index (χ3v) is 3.76. The maximum Gasteiger partial charge on any atom is 0.269 e. The first-order valence-corrected chi connectivity index (χ1v) is 8.20. The van der Waals surface area contributed by atoms with E-state index < -0.39 is 4.92 Å². The van der Waals surface area contributed by atoms with E-state index in [1.54, 1.807) is 0 Å². The summed E-state index contributed by atoms with van der Waals surface area (Å²) in [6.45, 7) is 2.19. The number of anilines is 1. The van der Waals surface area contributed by atoms with Crippen molar-refractivity contribution in [2.45, 2.75) is 45.4 Å². The van der Waals surface area contributed by atoms with Crippen molar-refractivity contribution in [1.29, 1.82) is 0 Å². The molecule has 2 N–H and O–H groups in total. The van der Waals surface area contributed by atoms with Crippen LogP contribution in [0.1, 0.15) is 55.1 Å².